The van der Waals surface area contributed by atoms with Gasteiger partial charge in [-0.15, -0.1) is 0 Å². The first-order valence-electron chi connectivity index (χ1n) is 11.3. The molecule has 4 rings (SSSR count). The maximum absolute atomic E-state index is 13.7. The Balaban J connectivity index is 1.50. The van der Waals surface area contributed by atoms with Crippen molar-refractivity contribution in [1.29, 1.82) is 0 Å². The Hall–Kier alpha value is -2.12. The van der Waals surface area contributed by atoms with Crippen molar-refractivity contribution in [2.45, 2.75) is 56.9 Å². The molecule has 0 bridgehead atoms. The van der Waals surface area contributed by atoms with Gasteiger partial charge in [-0.05, 0) is 54.2 Å². The molecule has 2 aliphatic rings. The van der Waals surface area contributed by atoms with Gasteiger partial charge in [-0.25, -0.2) is 4.39 Å². The van der Waals surface area contributed by atoms with Crippen LogP contribution in [-0.4, -0.2) is 30.0 Å². The minimum absolute atomic E-state index is 0.0718. The topological polar surface area (TPSA) is 29.5 Å². The molecule has 3 nitrogen and oxygen atoms in total. The van der Waals surface area contributed by atoms with E-state index in [0.29, 0.717) is 42.1 Å². The predicted molar refractivity (Wildman–Crippen MR) is 117 cm³/mol. The highest BCUT2D eigenvalue weighted by atomic mass is 35.5. The van der Waals surface area contributed by atoms with Gasteiger partial charge in [-0.3, -0.25) is 4.79 Å². The molecule has 1 saturated carbocycles. The Kier molecular flexibility index (Phi) is 7.29. The quantitative estimate of drug-likeness (QED) is 0.423. The molecule has 1 atom stereocenters. The lowest BCUT2D eigenvalue weighted by molar-refractivity contribution is -0.151. The monoisotopic (exact) mass is 483 g/mol. The minimum atomic E-state index is -4.74. The zero-order valence-corrected chi connectivity index (χ0v) is 18.8. The number of ether oxygens (including phenoxy) is 1. The molecule has 0 radical (unpaired) electrons. The lowest BCUT2D eigenvalue weighted by Crippen LogP contribution is -2.55. The number of rotatable bonds is 6. The van der Waals surface area contributed by atoms with Gasteiger partial charge in [0, 0.05) is 24.5 Å². The number of carbonyl (C=O) groups excluding carboxylic acids is 1. The summed E-state index contributed by atoms with van der Waals surface area (Å²) in [6.45, 7) is 0.663. The van der Waals surface area contributed by atoms with Crippen LogP contribution in [0.15, 0.2) is 42.5 Å². The Morgan fingerprint density at radius 1 is 1.06 bits per heavy atom. The molecular formula is C25H26ClF4NO2. The maximum atomic E-state index is 13.7. The predicted octanol–water partition coefficient (Wildman–Crippen LogP) is 6.79. The molecule has 1 amide bonds. The highest BCUT2D eigenvalue weighted by molar-refractivity contribution is 6.30. The Labute approximate surface area is 195 Å². The molecule has 2 aromatic carbocycles. The minimum Gasteiger partial charge on any atom is -0.362 e. The van der Waals surface area contributed by atoms with Gasteiger partial charge in [0.1, 0.15) is 11.9 Å². The van der Waals surface area contributed by atoms with Gasteiger partial charge in [0.2, 0.25) is 5.91 Å². The van der Waals surface area contributed by atoms with Gasteiger partial charge in [0.25, 0.3) is 0 Å². The molecule has 0 N–H and O–H groups in total. The van der Waals surface area contributed by atoms with Crippen LogP contribution in [0, 0.1) is 11.7 Å². The molecule has 1 aliphatic carbocycles. The first-order chi connectivity index (χ1) is 15.7. The van der Waals surface area contributed by atoms with Gasteiger partial charge in [-0.2, -0.15) is 13.2 Å². The van der Waals surface area contributed by atoms with Crippen LogP contribution in [-0.2, 0) is 15.7 Å². The summed E-state index contributed by atoms with van der Waals surface area (Å²) in [4.78, 5) is 14.3. The van der Waals surface area contributed by atoms with Crippen LogP contribution < -0.4 is 0 Å². The molecule has 33 heavy (non-hydrogen) atoms. The third kappa shape index (κ3) is 5.87. The van der Waals surface area contributed by atoms with Crippen molar-refractivity contribution in [2.75, 3.05) is 13.1 Å². The highest BCUT2D eigenvalue weighted by Gasteiger charge is 2.39. The van der Waals surface area contributed by atoms with Crippen molar-refractivity contribution in [2.24, 2.45) is 5.92 Å². The first-order valence-corrected chi connectivity index (χ1v) is 11.6. The molecule has 8 heteroatoms. The molecule has 1 unspecified atom stereocenters. The van der Waals surface area contributed by atoms with Crippen molar-refractivity contribution in [3.05, 3.63) is 70.0 Å². The van der Waals surface area contributed by atoms with Gasteiger partial charge in [0.15, 0.2) is 0 Å². The number of amides is 1. The Morgan fingerprint density at radius 3 is 2.36 bits per heavy atom. The van der Waals surface area contributed by atoms with E-state index >= 15 is 0 Å². The second-order valence-corrected chi connectivity index (χ2v) is 9.36. The third-order valence-corrected chi connectivity index (χ3v) is 6.75. The fraction of sp³-hybridized carbons (Fsp3) is 0.480. The van der Waals surface area contributed by atoms with Crippen molar-refractivity contribution in [3.63, 3.8) is 0 Å². The summed E-state index contributed by atoms with van der Waals surface area (Å²) in [6.07, 6.45) is -0.0216. The summed E-state index contributed by atoms with van der Waals surface area (Å²) in [5.74, 6) is -0.479. The molecule has 1 saturated heterocycles. The van der Waals surface area contributed by atoms with E-state index < -0.39 is 29.8 Å². The van der Waals surface area contributed by atoms with Crippen LogP contribution in [0.1, 0.15) is 61.3 Å². The molecule has 2 fully saturated rings. The van der Waals surface area contributed by atoms with E-state index in [4.69, 9.17) is 16.3 Å². The van der Waals surface area contributed by atoms with Crippen LogP contribution in [0.4, 0.5) is 17.6 Å². The van der Waals surface area contributed by atoms with Crippen LogP contribution in [0.25, 0.3) is 0 Å². The third-order valence-electron chi connectivity index (χ3n) is 6.49. The van der Waals surface area contributed by atoms with Crippen molar-refractivity contribution in [3.8, 4) is 0 Å². The normalized spacial score (nSPS) is 18.8. The number of likely N-dealkylation sites (tertiary alicyclic amines) is 1. The summed E-state index contributed by atoms with van der Waals surface area (Å²) in [6, 6.07) is 8.94. The van der Waals surface area contributed by atoms with Crippen molar-refractivity contribution < 1.29 is 27.1 Å². The fourth-order valence-corrected chi connectivity index (χ4v) is 4.79. The molecule has 1 aliphatic heterocycles. The molecule has 0 spiro atoms. The van der Waals surface area contributed by atoms with E-state index in [-0.39, 0.29) is 11.5 Å². The number of halogens is 5. The summed E-state index contributed by atoms with van der Waals surface area (Å²) in [7, 11) is 0. The van der Waals surface area contributed by atoms with E-state index in [1.807, 2.05) is 0 Å². The Morgan fingerprint density at radius 2 is 1.73 bits per heavy atom. The van der Waals surface area contributed by atoms with Crippen molar-refractivity contribution in [1.82, 2.24) is 4.90 Å². The van der Waals surface area contributed by atoms with Gasteiger partial charge >= 0.3 is 6.18 Å². The molecular weight excluding hydrogens is 458 g/mol. The van der Waals surface area contributed by atoms with Crippen LogP contribution in [0.3, 0.4) is 0 Å². The zero-order chi connectivity index (χ0) is 23.6. The second-order valence-electron chi connectivity index (χ2n) is 8.93. The van der Waals surface area contributed by atoms with E-state index in [9.17, 15) is 22.4 Å². The van der Waals surface area contributed by atoms with Gasteiger partial charge in [-0.1, -0.05) is 49.1 Å². The SMILES string of the molecule is O=C(CC1CCCCC1)N1CC(OC(c2ccc(Cl)cc2)c2ccc(F)cc2C(F)(F)F)C1. The summed E-state index contributed by atoms with van der Waals surface area (Å²) < 4.78 is 60.8. The van der Waals surface area contributed by atoms with Crippen molar-refractivity contribution >= 4 is 17.5 Å². The second kappa shape index (κ2) is 10.0. The van der Waals surface area contributed by atoms with Gasteiger partial charge in [0.05, 0.1) is 11.7 Å². The van der Waals surface area contributed by atoms with E-state index in [0.717, 1.165) is 37.8 Å². The maximum Gasteiger partial charge on any atom is 0.416 e. The number of alkyl halides is 3. The molecule has 0 aromatic heterocycles. The van der Waals surface area contributed by atoms with E-state index in [1.54, 1.807) is 29.2 Å². The number of benzene rings is 2. The summed E-state index contributed by atoms with van der Waals surface area (Å²) in [5, 5.41) is 0.441. The van der Waals surface area contributed by atoms with Gasteiger partial charge < -0.3 is 9.64 Å². The molecule has 2 aromatic rings. The average Bonchev–Trinajstić information content (AvgIpc) is 2.74. The molecule has 1 heterocycles. The van der Waals surface area contributed by atoms with Crippen LogP contribution in [0.5, 0.6) is 0 Å². The van der Waals surface area contributed by atoms with E-state index in [2.05, 4.69) is 0 Å². The number of hydrogen-bond donors (Lipinski definition) is 0. The average molecular weight is 484 g/mol. The summed E-state index contributed by atoms with van der Waals surface area (Å²) >= 11 is 5.95. The van der Waals surface area contributed by atoms with E-state index in [1.165, 1.54) is 6.42 Å². The number of nitrogens with zero attached hydrogens (tertiary/aromatic N) is 1. The largest absolute Gasteiger partial charge is 0.416 e. The Bertz CT molecular complexity index is 967. The summed E-state index contributed by atoms with van der Waals surface area (Å²) in [5.41, 5.74) is -0.770. The first kappa shape index (κ1) is 24.0. The number of hydrogen-bond acceptors (Lipinski definition) is 2. The zero-order valence-electron chi connectivity index (χ0n) is 18.1. The van der Waals surface area contributed by atoms with Crippen LogP contribution in [0.2, 0.25) is 5.02 Å². The standard InChI is InChI=1S/C25H26ClF4NO2/c26-18-8-6-17(7-9-18)24(21-11-10-19(27)13-22(21)25(28,29)30)33-20-14-31(15-20)23(32)12-16-4-2-1-3-5-16/h6-11,13,16,20,24H,1-5,12,14-15H2. The molecule has 178 valence electrons. The lowest BCUT2D eigenvalue weighted by atomic mass is 9.86. The number of carbonyl (C=O) groups is 1. The lowest BCUT2D eigenvalue weighted by Gasteiger charge is -2.41. The fourth-order valence-electron chi connectivity index (χ4n) is 4.66. The smallest absolute Gasteiger partial charge is 0.362 e. The van der Waals surface area contributed by atoms with Crippen LogP contribution >= 0.6 is 11.6 Å². The highest BCUT2D eigenvalue weighted by Crippen LogP contribution is 2.40.